The fourth-order valence-electron chi connectivity index (χ4n) is 4.87. The Morgan fingerprint density at radius 3 is 2.62 bits per heavy atom. The molecule has 0 unspecified atom stereocenters. The number of ether oxygens (including phenoxy) is 2. The number of hydrogen-bond acceptors (Lipinski definition) is 8. The zero-order valence-corrected chi connectivity index (χ0v) is 21.7. The summed E-state index contributed by atoms with van der Waals surface area (Å²) in [5.41, 5.74) is 4.32. The maximum absolute atomic E-state index is 14.1. The number of piperidine rings is 1. The summed E-state index contributed by atoms with van der Waals surface area (Å²) in [6.07, 6.45) is 7.91. The first-order valence-electron chi connectivity index (χ1n) is 12.6. The summed E-state index contributed by atoms with van der Waals surface area (Å²) in [6.45, 7) is 6.79. The lowest BCUT2D eigenvalue weighted by molar-refractivity contribution is 0.218. The molecule has 10 heteroatoms. The van der Waals surface area contributed by atoms with Crippen LogP contribution in [0.2, 0.25) is 0 Å². The third-order valence-electron chi connectivity index (χ3n) is 6.87. The Balaban J connectivity index is 1.54. The van der Waals surface area contributed by atoms with Crippen molar-refractivity contribution in [1.29, 1.82) is 0 Å². The highest BCUT2D eigenvalue weighted by Gasteiger charge is 2.22. The molecule has 0 N–H and O–H groups in total. The predicted octanol–water partition coefficient (Wildman–Crippen LogP) is 4.07. The number of nitrogens with zero attached hydrogens (tertiary/aromatic N) is 7. The number of imidazole rings is 1. The Labute approximate surface area is 215 Å². The molecule has 1 fully saturated rings. The lowest BCUT2D eigenvalue weighted by Crippen LogP contribution is -2.31. The van der Waals surface area contributed by atoms with Gasteiger partial charge in [-0.05, 0) is 65.2 Å². The Hall–Kier alpha value is -3.66. The average molecular weight is 506 g/mol. The van der Waals surface area contributed by atoms with Crippen LogP contribution in [0.4, 0.5) is 4.39 Å². The van der Waals surface area contributed by atoms with E-state index >= 15 is 0 Å². The van der Waals surface area contributed by atoms with E-state index in [2.05, 4.69) is 26.9 Å². The molecule has 0 spiro atoms. The number of rotatable bonds is 8. The third kappa shape index (κ3) is 5.39. The maximum atomic E-state index is 14.1. The number of hydrogen-bond donors (Lipinski definition) is 0. The SMILES string of the molecule is CCOc1nc(C)c2nc(-c3cncc(F)c3)n(Cc3cnc(CC4CCN(C)CC4)cc3OC)c2n1. The van der Waals surface area contributed by atoms with Gasteiger partial charge in [0.1, 0.15) is 22.9 Å². The topological polar surface area (TPSA) is 91.1 Å². The zero-order chi connectivity index (χ0) is 25.9. The van der Waals surface area contributed by atoms with E-state index < -0.39 is 5.82 Å². The molecule has 0 radical (unpaired) electrons. The molecule has 0 aromatic carbocycles. The van der Waals surface area contributed by atoms with E-state index in [0.29, 0.717) is 47.3 Å². The summed E-state index contributed by atoms with van der Waals surface area (Å²) in [7, 11) is 3.84. The van der Waals surface area contributed by atoms with Gasteiger partial charge in [0.15, 0.2) is 5.65 Å². The van der Waals surface area contributed by atoms with E-state index in [1.54, 1.807) is 13.3 Å². The first kappa shape index (κ1) is 25.0. The van der Waals surface area contributed by atoms with Gasteiger partial charge >= 0.3 is 6.01 Å². The number of methoxy groups -OCH3 is 1. The Bertz CT molecular complexity index is 1400. The molecule has 4 aromatic heterocycles. The van der Waals surface area contributed by atoms with Crippen molar-refractivity contribution < 1.29 is 13.9 Å². The number of halogens is 1. The Kier molecular flexibility index (Phi) is 7.27. The molecular weight excluding hydrogens is 473 g/mol. The molecule has 5 rings (SSSR count). The van der Waals surface area contributed by atoms with Gasteiger partial charge < -0.3 is 18.9 Å². The van der Waals surface area contributed by atoms with Gasteiger partial charge in [0.05, 0.1) is 32.2 Å². The lowest BCUT2D eigenvalue weighted by Gasteiger charge is -2.28. The Morgan fingerprint density at radius 1 is 1.08 bits per heavy atom. The minimum absolute atomic E-state index is 0.274. The normalized spacial score (nSPS) is 14.8. The molecule has 1 aliphatic rings. The van der Waals surface area contributed by atoms with Gasteiger partial charge in [-0.25, -0.2) is 9.37 Å². The zero-order valence-electron chi connectivity index (χ0n) is 21.7. The van der Waals surface area contributed by atoms with Crippen molar-refractivity contribution in [3.05, 3.63) is 53.5 Å². The van der Waals surface area contributed by atoms with Crippen molar-refractivity contribution in [2.75, 3.05) is 33.9 Å². The van der Waals surface area contributed by atoms with Crippen LogP contribution in [-0.4, -0.2) is 68.2 Å². The standard InChI is InChI=1S/C27H32FN7O2/c1-5-37-27-31-17(2)24-26(33-27)35(25(32-24)19-11-21(28)15-29-13-19)16-20-14-30-22(12-23(20)36-4)10-18-6-8-34(3)9-7-18/h11-15,18H,5-10,16H2,1-4H3. The van der Waals surface area contributed by atoms with Crippen molar-refractivity contribution in [2.45, 2.75) is 39.7 Å². The van der Waals surface area contributed by atoms with Crippen LogP contribution in [0.1, 0.15) is 36.7 Å². The predicted molar refractivity (Wildman–Crippen MR) is 138 cm³/mol. The van der Waals surface area contributed by atoms with Crippen LogP contribution in [0.3, 0.4) is 0 Å². The number of aromatic nitrogens is 6. The lowest BCUT2D eigenvalue weighted by atomic mass is 9.92. The molecule has 0 atom stereocenters. The van der Waals surface area contributed by atoms with Crippen LogP contribution in [0.5, 0.6) is 11.8 Å². The van der Waals surface area contributed by atoms with Gasteiger partial charge in [0.25, 0.3) is 0 Å². The molecular formula is C27H32FN7O2. The smallest absolute Gasteiger partial charge is 0.318 e. The van der Waals surface area contributed by atoms with Gasteiger partial charge in [-0.1, -0.05) is 0 Å². The van der Waals surface area contributed by atoms with Crippen LogP contribution in [0, 0.1) is 18.7 Å². The van der Waals surface area contributed by atoms with Gasteiger partial charge in [0, 0.05) is 35.3 Å². The summed E-state index contributed by atoms with van der Waals surface area (Å²) in [5.74, 6) is 1.47. The van der Waals surface area contributed by atoms with Crippen LogP contribution in [0.15, 0.2) is 30.7 Å². The van der Waals surface area contributed by atoms with Gasteiger partial charge in [-0.3, -0.25) is 9.97 Å². The van der Waals surface area contributed by atoms with E-state index in [0.717, 1.165) is 36.5 Å². The second kappa shape index (κ2) is 10.8. The van der Waals surface area contributed by atoms with Crippen LogP contribution < -0.4 is 9.47 Å². The first-order chi connectivity index (χ1) is 17.9. The quantitative estimate of drug-likeness (QED) is 0.354. The van der Waals surface area contributed by atoms with E-state index in [-0.39, 0.29) is 6.01 Å². The maximum Gasteiger partial charge on any atom is 0.318 e. The first-order valence-corrected chi connectivity index (χ1v) is 12.6. The van der Waals surface area contributed by atoms with E-state index in [4.69, 9.17) is 19.4 Å². The number of aryl methyl sites for hydroxylation is 1. The highest BCUT2D eigenvalue weighted by atomic mass is 19.1. The van der Waals surface area contributed by atoms with Crippen molar-refractivity contribution >= 4 is 11.2 Å². The molecule has 37 heavy (non-hydrogen) atoms. The number of pyridine rings is 2. The highest BCUT2D eigenvalue weighted by molar-refractivity contribution is 5.79. The van der Waals surface area contributed by atoms with Crippen molar-refractivity contribution in [1.82, 2.24) is 34.4 Å². The van der Waals surface area contributed by atoms with Crippen LogP contribution in [-0.2, 0) is 13.0 Å². The van der Waals surface area contributed by atoms with Crippen LogP contribution >= 0.6 is 0 Å². The largest absolute Gasteiger partial charge is 0.496 e. The monoisotopic (exact) mass is 505 g/mol. The summed E-state index contributed by atoms with van der Waals surface area (Å²) in [6, 6.07) is 3.72. The van der Waals surface area contributed by atoms with Crippen LogP contribution in [0.25, 0.3) is 22.6 Å². The Morgan fingerprint density at radius 2 is 1.89 bits per heavy atom. The summed E-state index contributed by atoms with van der Waals surface area (Å²) >= 11 is 0. The fraction of sp³-hybridized carbons (Fsp3) is 0.444. The minimum atomic E-state index is -0.438. The fourth-order valence-corrected chi connectivity index (χ4v) is 4.87. The van der Waals surface area contributed by atoms with Gasteiger partial charge in [0.2, 0.25) is 0 Å². The van der Waals surface area contributed by atoms with Crippen molar-refractivity contribution in [3.8, 4) is 23.1 Å². The van der Waals surface area contributed by atoms with E-state index in [1.807, 2.05) is 30.7 Å². The second-order valence-corrected chi connectivity index (χ2v) is 9.55. The molecule has 5 heterocycles. The summed E-state index contributed by atoms with van der Waals surface area (Å²) in [5, 5.41) is 0. The molecule has 1 aliphatic heterocycles. The summed E-state index contributed by atoms with van der Waals surface area (Å²) < 4.78 is 27.4. The minimum Gasteiger partial charge on any atom is -0.496 e. The van der Waals surface area contributed by atoms with Gasteiger partial charge in [-0.2, -0.15) is 9.97 Å². The molecule has 0 bridgehead atoms. The highest BCUT2D eigenvalue weighted by Crippen LogP contribution is 2.30. The molecule has 1 saturated heterocycles. The molecule has 194 valence electrons. The van der Waals surface area contributed by atoms with E-state index in [9.17, 15) is 4.39 Å². The molecule has 0 amide bonds. The van der Waals surface area contributed by atoms with Crippen molar-refractivity contribution in [3.63, 3.8) is 0 Å². The number of fused-ring (bicyclic) bond motifs is 1. The second-order valence-electron chi connectivity index (χ2n) is 9.55. The average Bonchev–Trinajstić information content (AvgIpc) is 3.25. The molecule has 0 aliphatic carbocycles. The molecule has 9 nitrogen and oxygen atoms in total. The summed E-state index contributed by atoms with van der Waals surface area (Å²) in [4.78, 5) is 25.0. The number of likely N-dealkylation sites (tertiary alicyclic amines) is 1. The van der Waals surface area contributed by atoms with E-state index in [1.165, 1.54) is 25.1 Å². The molecule has 4 aromatic rings. The third-order valence-corrected chi connectivity index (χ3v) is 6.87. The van der Waals surface area contributed by atoms with Gasteiger partial charge in [-0.15, -0.1) is 0 Å². The molecule has 0 saturated carbocycles. The van der Waals surface area contributed by atoms with Crippen molar-refractivity contribution in [2.24, 2.45) is 5.92 Å².